The Morgan fingerprint density at radius 2 is 1.24 bits per heavy atom. The maximum absolute atomic E-state index is 5.02. The van der Waals surface area contributed by atoms with Gasteiger partial charge < -0.3 is 4.57 Å². The first kappa shape index (κ1) is 22.8. The highest BCUT2D eigenvalue weighted by Gasteiger charge is 2.24. The molecule has 0 amide bonds. The van der Waals surface area contributed by atoms with Crippen LogP contribution in [0, 0.1) is 0 Å². The number of fused-ring (bicyclic) bond motifs is 9. The van der Waals surface area contributed by atoms with Crippen LogP contribution in [0.5, 0.6) is 0 Å². The van der Waals surface area contributed by atoms with E-state index in [0.717, 1.165) is 60.5 Å². The quantitative estimate of drug-likeness (QED) is 0.230. The first-order valence-electron chi connectivity index (χ1n) is 13.8. The minimum absolute atomic E-state index is 0.546. The molecule has 196 valence electrons. The molecule has 0 unspecified atom stereocenters. The van der Waals surface area contributed by atoms with Crippen molar-refractivity contribution in [3.8, 4) is 23.0 Å². The van der Waals surface area contributed by atoms with Crippen LogP contribution in [0.3, 0.4) is 0 Å². The fraction of sp³-hybridized carbons (Fsp3) is 0. The lowest BCUT2D eigenvalue weighted by Gasteiger charge is -2.11. The van der Waals surface area contributed by atoms with Gasteiger partial charge in [0.05, 0.1) is 33.1 Å². The van der Waals surface area contributed by atoms with Crippen LogP contribution in [-0.2, 0) is 0 Å². The molecular weight excluding hydrogens is 518 g/mol. The second-order valence-electron chi connectivity index (χ2n) is 10.2. The summed E-state index contributed by atoms with van der Waals surface area (Å²) in [6.45, 7) is 0. The molecule has 0 saturated carbocycles. The Kier molecular flexibility index (Phi) is 4.77. The lowest BCUT2D eigenvalue weighted by atomic mass is 10.1. The van der Waals surface area contributed by atoms with Gasteiger partial charge in [-0.15, -0.1) is 0 Å². The van der Waals surface area contributed by atoms with Crippen molar-refractivity contribution in [1.29, 1.82) is 0 Å². The Bertz CT molecular complexity index is 2460. The van der Waals surface area contributed by atoms with Crippen LogP contribution in [0.1, 0.15) is 0 Å². The average Bonchev–Trinajstić information content (AvgIpc) is 3.59. The summed E-state index contributed by atoms with van der Waals surface area (Å²) in [5.74, 6) is 1.16. The highest BCUT2D eigenvalue weighted by Crippen LogP contribution is 2.42. The lowest BCUT2D eigenvalue weighted by Crippen LogP contribution is -2.04. The average molecular weight is 540 g/mol. The molecule has 0 fully saturated rings. The zero-order chi connectivity index (χ0) is 27.6. The fourth-order valence-electron chi connectivity index (χ4n) is 6.24. The molecule has 0 spiro atoms. The molecule has 4 aromatic heterocycles. The molecule has 7 nitrogen and oxygen atoms in total. The molecule has 0 atom stereocenters. The van der Waals surface area contributed by atoms with E-state index < -0.39 is 0 Å². The second-order valence-corrected chi connectivity index (χ2v) is 10.2. The van der Waals surface area contributed by atoms with Crippen LogP contribution < -0.4 is 0 Å². The van der Waals surface area contributed by atoms with Gasteiger partial charge in [0.15, 0.2) is 5.82 Å². The van der Waals surface area contributed by atoms with Gasteiger partial charge in [-0.1, -0.05) is 78.9 Å². The minimum Gasteiger partial charge on any atom is -0.307 e. The van der Waals surface area contributed by atoms with E-state index in [4.69, 9.17) is 15.0 Å². The molecule has 0 N–H and O–H groups in total. The monoisotopic (exact) mass is 539 g/mol. The molecular formula is C35H21N7. The van der Waals surface area contributed by atoms with Gasteiger partial charge in [-0.3, -0.25) is 14.5 Å². The zero-order valence-corrected chi connectivity index (χ0v) is 22.3. The molecule has 7 heteroatoms. The number of hydrogen-bond donors (Lipinski definition) is 0. The molecule has 0 aliphatic rings. The standard InChI is InChI=1S/C35H21N7/c1-3-9-22(10-4-1)34-38-21-39-35(40-34)42-29-18-17-27-31(37-20-19-36-27)30(29)26-16-15-25-24-13-7-8-14-28(24)41(32(25)33(26)42)23-11-5-2-6-12-23/h1-21H. The van der Waals surface area contributed by atoms with Crippen LogP contribution in [0.25, 0.3) is 77.7 Å². The number of benzene rings is 5. The van der Waals surface area contributed by atoms with Crippen LogP contribution >= 0.6 is 0 Å². The SMILES string of the molecule is c1ccc(-c2ncnc(-n3c4ccc5nccnc5c4c4ccc5c6ccccc6n(-c6ccccc6)c5c43)n2)cc1. The number of para-hydroxylation sites is 2. The van der Waals surface area contributed by atoms with Crippen LogP contribution in [0.4, 0.5) is 0 Å². The second kappa shape index (κ2) is 8.78. The van der Waals surface area contributed by atoms with E-state index in [0.29, 0.717) is 11.8 Å². The Labute approximate surface area is 239 Å². The van der Waals surface area contributed by atoms with Gasteiger partial charge >= 0.3 is 0 Å². The normalized spacial score (nSPS) is 11.8. The maximum Gasteiger partial charge on any atom is 0.238 e. The van der Waals surface area contributed by atoms with Crippen molar-refractivity contribution in [3.63, 3.8) is 0 Å². The number of hydrogen-bond acceptors (Lipinski definition) is 5. The molecule has 4 heterocycles. The molecule has 5 aromatic carbocycles. The van der Waals surface area contributed by atoms with E-state index in [-0.39, 0.29) is 0 Å². The van der Waals surface area contributed by atoms with Crippen molar-refractivity contribution < 1.29 is 0 Å². The summed E-state index contributed by atoms with van der Waals surface area (Å²) < 4.78 is 4.50. The van der Waals surface area contributed by atoms with Gasteiger partial charge in [-0.25, -0.2) is 9.97 Å². The summed E-state index contributed by atoms with van der Waals surface area (Å²) in [5, 5.41) is 4.41. The molecule has 9 rings (SSSR count). The third-order valence-corrected chi connectivity index (χ3v) is 7.97. The van der Waals surface area contributed by atoms with E-state index in [9.17, 15) is 0 Å². The van der Waals surface area contributed by atoms with Crippen molar-refractivity contribution in [1.82, 2.24) is 34.1 Å². The molecule has 0 bridgehead atoms. The van der Waals surface area contributed by atoms with Gasteiger partial charge in [-0.05, 0) is 30.3 Å². The Balaban J connectivity index is 1.52. The predicted octanol–water partition coefficient (Wildman–Crippen LogP) is 7.68. The minimum atomic E-state index is 0.546. The highest BCUT2D eigenvalue weighted by molar-refractivity contribution is 6.27. The molecule has 0 aliphatic carbocycles. The number of nitrogens with zero attached hydrogens (tertiary/aromatic N) is 7. The smallest absolute Gasteiger partial charge is 0.238 e. The van der Waals surface area contributed by atoms with Crippen LogP contribution in [-0.4, -0.2) is 34.1 Å². The Morgan fingerprint density at radius 1 is 0.500 bits per heavy atom. The summed E-state index contributed by atoms with van der Waals surface area (Å²) >= 11 is 0. The summed E-state index contributed by atoms with van der Waals surface area (Å²) in [4.78, 5) is 23.7. The summed E-state index contributed by atoms with van der Waals surface area (Å²) in [6.07, 6.45) is 5.08. The first-order valence-corrected chi connectivity index (χ1v) is 13.8. The predicted molar refractivity (Wildman–Crippen MR) is 167 cm³/mol. The van der Waals surface area contributed by atoms with Crippen LogP contribution in [0.15, 0.2) is 128 Å². The molecule has 0 radical (unpaired) electrons. The first-order chi connectivity index (χ1) is 20.9. The number of rotatable bonds is 3. The molecule has 0 aliphatic heterocycles. The van der Waals surface area contributed by atoms with E-state index in [1.807, 2.05) is 42.5 Å². The van der Waals surface area contributed by atoms with E-state index in [1.165, 1.54) is 5.39 Å². The molecule has 9 aromatic rings. The molecule has 42 heavy (non-hydrogen) atoms. The van der Waals surface area contributed by atoms with Crippen molar-refractivity contribution >= 4 is 54.6 Å². The Hall–Kier alpha value is -5.95. The van der Waals surface area contributed by atoms with E-state index in [2.05, 4.69) is 85.8 Å². The highest BCUT2D eigenvalue weighted by atomic mass is 15.2. The van der Waals surface area contributed by atoms with Gasteiger partial charge in [-0.2, -0.15) is 4.98 Å². The van der Waals surface area contributed by atoms with Crippen LogP contribution in [0.2, 0.25) is 0 Å². The maximum atomic E-state index is 5.02. The van der Waals surface area contributed by atoms with Crippen molar-refractivity contribution in [2.24, 2.45) is 0 Å². The van der Waals surface area contributed by atoms with Crippen molar-refractivity contribution in [2.75, 3.05) is 0 Å². The van der Waals surface area contributed by atoms with Gasteiger partial charge in [0.1, 0.15) is 6.33 Å². The van der Waals surface area contributed by atoms with Gasteiger partial charge in [0.2, 0.25) is 5.95 Å². The lowest BCUT2D eigenvalue weighted by molar-refractivity contribution is 0.947. The van der Waals surface area contributed by atoms with E-state index in [1.54, 1.807) is 18.7 Å². The van der Waals surface area contributed by atoms with E-state index >= 15 is 0 Å². The van der Waals surface area contributed by atoms with Crippen molar-refractivity contribution in [3.05, 3.63) is 128 Å². The molecule has 0 saturated heterocycles. The summed E-state index contributed by atoms with van der Waals surface area (Å²) in [6, 6.07) is 37.6. The third kappa shape index (κ3) is 3.19. The summed E-state index contributed by atoms with van der Waals surface area (Å²) in [5.41, 5.74) is 7.88. The van der Waals surface area contributed by atoms with Crippen molar-refractivity contribution in [2.45, 2.75) is 0 Å². The van der Waals surface area contributed by atoms with Gasteiger partial charge in [0.25, 0.3) is 0 Å². The topological polar surface area (TPSA) is 74.3 Å². The Morgan fingerprint density at radius 3 is 2.12 bits per heavy atom. The largest absolute Gasteiger partial charge is 0.307 e. The number of aromatic nitrogens is 7. The van der Waals surface area contributed by atoms with Gasteiger partial charge in [0, 0.05) is 45.2 Å². The zero-order valence-electron chi connectivity index (χ0n) is 22.3. The summed E-state index contributed by atoms with van der Waals surface area (Å²) in [7, 11) is 0. The fourth-order valence-corrected chi connectivity index (χ4v) is 6.24. The third-order valence-electron chi connectivity index (χ3n) is 7.97.